The second-order valence-electron chi connectivity index (χ2n) is 3.83. The Balaban J connectivity index is 1.99. The van der Waals surface area contributed by atoms with Gasteiger partial charge in [0.1, 0.15) is 11.8 Å². The van der Waals surface area contributed by atoms with Crippen molar-refractivity contribution in [2.45, 2.75) is 18.9 Å². The minimum absolute atomic E-state index is 0.0797. The zero-order valence-electron chi connectivity index (χ0n) is 9.29. The van der Waals surface area contributed by atoms with E-state index in [1.54, 1.807) is 0 Å². The van der Waals surface area contributed by atoms with Gasteiger partial charge in [0.2, 0.25) is 5.91 Å². The second kappa shape index (κ2) is 4.82. The van der Waals surface area contributed by atoms with Crippen LogP contribution in [-0.4, -0.2) is 22.8 Å². The van der Waals surface area contributed by atoms with E-state index in [1.165, 1.54) is 24.3 Å². The summed E-state index contributed by atoms with van der Waals surface area (Å²) in [5.74, 6) is -0.526. The van der Waals surface area contributed by atoms with Crippen molar-refractivity contribution >= 4 is 17.6 Å². The number of non-ortho nitro benzene ring substituents is 1. The SMILES string of the molecule is O=C1CCC(C(=O)Oc2ccc([N+](=O)[O-])cc2)N1. The van der Waals surface area contributed by atoms with Crippen LogP contribution in [0.4, 0.5) is 5.69 Å². The normalized spacial score (nSPS) is 18.2. The van der Waals surface area contributed by atoms with Crippen molar-refractivity contribution in [3.05, 3.63) is 34.4 Å². The summed E-state index contributed by atoms with van der Waals surface area (Å²) >= 11 is 0. The molecule has 1 saturated heterocycles. The summed E-state index contributed by atoms with van der Waals surface area (Å²) in [5, 5.41) is 12.9. The largest absolute Gasteiger partial charge is 0.425 e. The highest BCUT2D eigenvalue weighted by Gasteiger charge is 2.28. The molecule has 7 heteroatoms. The number of carbonyl (C=O) groups is 2. The fraction of sp³-hybridized carbons (Fsp3) is 0.273. The molecule has 1 unspecified atom stereocenters. The van der Waals surface area contributed by atoms with Crippen molar-refractivity contribution in [2.24, 2.45) is 0 Å². The second-order valence-corrected chi connectivity index (χ2v) is 3.83. The van der Waals surface area contributed by atoms with Crippen LogP contribution in [0.3, 0.4) is 0 Å². The molecule has 18 heavy (non-hydrogen) atoms. The van der Waals surface area contributed by atoms with E-state index in [0.29, 0.717) is 12.8 Å². The molecule has 0 saturated carbocycles. The molecular formula is C11H10N2O5. The highest BCUT2D eigenvalue weighted by molar-refractivity contribution is 5.88. The molecule has 1 amide bonds. The number of amides is 1. The molecule has 0 aromatic heterocycles. The number of rotatable bonds is 3. The van der Waals surface area contributed by atoms with Gasteiger partial charge in [-0.05, 0) is 18.6 Å². The first-order chi connectivity index (χ1) is 8.56. The molecule has 2 rings (SSSR count). The fourth-order valence-corrected chi connectivity index (χ4v) is 1.61. The standard InChI is InChI=1S/C11H10N2O5/c14-10-6-5-9(12-10)11(15)18-8-3-1-7(2-4-8)13(16)17/h1-4,9H,5-6H2,(H,12,14). The maximum absolute atomic E-state index is 11.6. The first-order valence-corrected chi connectivity index (χ1v) is 5.32. The number of nitro groups is 1. The predicted octanol–water partition coefficient (Wildman–Crippen LogP) is 0.779. The molecule has 1 aromatic rings. The zero-order valence-corrected chi connectivity index (χ0v) is 9.29. The average molecular weight is 250 g/mol. The van der Waals surface area contributed by atoms with Gasteiger partial charge in [-0.1, -0.05) is 0 Å². The molecule has 1 aliphatic heterocycles. The van der Waals surface area contributed by atoms with Crippen LogP contribution in [0.1, 0.15) is 12.8 Å². The van der Waals surface area contributed by atoms with E-state index in [0.717, 1.165) is 0 Å². The number of hydrogen-bond acceptors (Lipinski definition) is 5. The summed E-state index contributed by atoms with van der Waals surface area (Å²) in [6, 6.07) is 4.54. The molecule has 1 heterocycles. The van der Waals surface area contributed by atoms with Gasteiger partial charge >= 0.3 is 5.97 Å². The first-order valence-electron chi connectivity index (χ1n) is 5.32. The molecule has 1 aliphatic rings. The molecule has 1 aromatic carbocycles. The smallest absolute Gasteiger partial charge is 0.334 e. The van der Waals surface area contributed by atoms with Crippen molar-refractivity contribution in [3.63, 3.8) is 0 Å². The van der Waals surface area contributed by atoms with Gasteiger partial charge in [-0.15, -0.1) is 0 Å². The van der Waals surface area contributed by atoms with Crippen LogP contribution in [0.25, 0.3) is 0 Å². The average Bonchev–Trinajstić information content (AvgIpc) is 2.76. The van der Waals surface area contributed by atoms with Gasteiger partial charge < -0.3 is 10.1 Å². The number of esters is 1. The van der Waals surface area contributed by atoms with Gasteiger partial charge in [-0.25, -0.2) is 4.79 Å². The lowest BCUT2D eigenvalue weighted by molar-refractivity contribution is -0.384. The highest BCUT2D eigenvalue weighted by atomic mass is 16.6. The third-order valence-electron chi connectivity index (χ3n) is 2.55. The van der Waals surface area contributed by atoms with Crippen molar-refractivity contribution in [3.8, 4) is 5.75 Å². The van der Waals surface area contributed by atoms with E-state index >= 15 is 0 Å². The summed E-state index contributed by atoms with van der Waals surface area (Å²) < 4.78 is 5.01. The molecular weight excluding hydrogens is 240 g/mol. The van der Waals surface area contributed by atoms with Crippen LogP contribution in [0.15, 0.2) is 24.3 Å². The Labute approximate surface area is 102 Å². The molecule has 7 nitrogen and oxygen atoms in total. The molecule has 1 fully saturated rings. The Morgan fingerprint density at radius 3 is 2.56 bits per heavy atom. The van der Waals surface area contributed by atoms with E-state index < -0.39 is 16.9 Å². The van der Waals surface area contributed by atoms with Gasteiger partial charge in [-0.2, -0.15) is 0 Å². The Kier molecular flexibility index (Phi) is 3.22. The van der Waals surface area contributed by atoms with Crippen molar-refractivity contribution in [2.75, 3.05) is 0 Å². The number of carbonyl (C=O) groups excluding carboxylic acids is 2. The molecule has 1 atom stereocenters. The lowest BCUT2D eigenvalue weighted by atomic mass is 10.2. The summed E-state index contributed by atoms with van der Waals surface area (Å²) in [6.45, 7) is 0. The number of benzene rings is 1. The molecule has 0 radical (unpaired) electrons. The molecule has 0 aliphatic carbocycles. The number of nitrogens with one attached hydrogen (secondary N) is 1. The quantitative estimate of drug-likeness (QED) is 0.370. The first kappa shape index (κ1) is 12.0. The molecule has 0 bridgehead atoms. The maximum atomic E-state index is 11.6. The molecule has 1 N–H and O–H groups in total. The fourth-order valence-electron chi connectivity index (χ4n) is 1.61. The zero-order chi connectivity index (χ0) is 13.1. The van der Waals surface area contributed by atoms with Gasteiger partial charge in [-0.3, -0.25) is 14.9 Å². The lowest BCUT2D eigenvalue weighted by Gasteiger charge is -2.09. The van der Waals surface area contributed by atoms with Crippen LogP contribution < -0.4 is 10.1 Å². The summed E-state index contributed by atoms with van der Waals surface area (Å²) in [7, 11) is 0. The molecule has 94 valence electrons. The minimum atomic E-state index is -0.632. The number of ether oxygens (including phenoxy) is 1. The third-order valence-corrected chi connectivity index (χ3v) is 2.55. The Hall–Kier alpha value is -2.44. The topological polar surface area (TPSA) is 98.5 Å². The number of nitrogens with zero attached hydrogens (tertiary/aromatic N) is 1. The van der Waals surface area contributed by atoms with E-state index in [-0.39, 0.29) is 17.3 Å². The number of nitro benzene ring substituents is 1. The van der Waals surface area contributed by atoms with E-state index in [2.05, 4.69) is 5.32 Å². The minimum Gasteiger partial charge on any atom is -0.425 e. The van der Waals surface area contributed by atoms with Crippen molar-refractivity contribution in [1.82, 2.24) is 5.32 Å². The van der Waals surface area contributed by atoms with Gasteiger partial charge in [0.15, 0.2) is 0 Å². The maximum Gasteiger partial charge on any atom is 0.334 e. The predicted molar refractivity (Wildman–Crippen MR) is 59.9 cm³/mol. The van der Waals surface area contributed by atoms with E-state index in [1.807, 2.05) is 0 Å². The van der Waals surface area contributed by atoms with Crippen LogP contribution in [0, 0.1) is 10.1 Å². The monoisotopic (exact) mass is 250 g/mol. The summed E-state index contributed by atoms with van der Waals surface area (Å²) in [4.78, 5) is 32.4. The summed E-state index contributed by atoms with van der Waals surface area (Å²) in [6.07, 6.45) is 0.713. The van der Waals surface area contributed by atoms with Crippen molar-refractivity contribution < 1.29 is 19.2 Å². The van der Waals surface area contributed by atoms with Gasteiger partial charge in [0.25, 0.3) is 5.69 Å². The van der Waals surface area contributed by atoms with Gasteiger partial charge in [0.05, 0.1) is 4.92 Å². The Bertz CT molecular complexity index is 497. The van der Waals surface area contributed by atoms with Crippen LogP contribution in [-0.2, 0) is 9.59 Å². The van der Waals surface area contributed by atoms with Gasteiger partial charge in [0, 0.05) is 18.6 Å². The van der Waals surface area contributed by atoms with E-state index in [9.17, 15) is 19.7 Å². The van der Waals surface area contributed by atoms with E-state index in [4.69, 9.17) is 4.74 Å². The molecule has 0 spiro atoms. The Morgan fingerprint density at radius 2 is 2.06 bits per heavy atom. The van der Waals surface area contributed by atoms with Crippen LogP contribution in [0.2, 0.25) is 0 Å². The van der Waals surface area contributed by atoms with Crippen molar-refractivity contribution in [1.29, 1.82) is 0 Å². The Morgan fingerprint density at radius 1 is 1.39 bits per heavy atom. The summed E-state index contributed by atoms with van der Waals surface area (Å²) in [5.41, 5.74) is -0.0797. The number of hydrogen-bond donors (Lipinski definition) is 1. The van der Waals surface area contributed by atoms with Crippen LogP contribution >= 0.6 is 0 Å². The lowest BCUT2D eigenvalue weighted by Crippen LogP contribution is -2.36. The highest BCUT2D eigenvalue weighted by Crippen LogP contribution is 2.18. The third kappa shape index (κ3) is 2.62. The van der Waals surface area contributed by atoms with Crippen LogP contribution in [0.5, 0.6) is 5.75 Å².